The van der Waals surface area contributed by atoms with Crippen molar-refractivity contribution in [3.8, 4) is 11.5 Å². The molecule has 4 rings (SSSR count). The van der Waals surface area contributed by atoms with Crippen molar-refractivity contribution >= 4 is 22.4 Å². The molecule has 1 aliphatic heterocycles. The molecule has 1 atom stereocenters. The van der Waals surface area contributed by atoms with E-state index < -0.39 is 5.92 Å². The Kier molecular flexibility index (Phi) is 4.90. The fraction of sp³-hybridized carbons (Fsp3) is 0.286. The summed E-state index contributed by atoms with van der Waals surface area (Å²) in [7, 11) is 0. The van der Waals surface area contributed by atoms with Gasteiger partial charge in [-0.15, -0.1) is 10.2 Å². The Morgan fingerprint density at radius 2 is 1.74 bits per heavy atom. The maximum absolute atomic E-state index is 13.2. The number of fused-ring (bicyclic) bond motifs is 2. The topological polar surface area (TPSA) is 64.1 Å². The number of benzene rings is 2. The molecular formula is C21H21N3O2S. The van der Waals surface area contributed by atoms with Gasteiger partial charge in [0.1, 0.15) is 16.5 Å². The Balaban J connectivity index is 1.63. The molecule has 1 aliphatic rings. The first-order valence-corrected chi connectivity index (χ1v) is 9.99. The van der Waals surface area contributed by atoms with E-state index in [0.717, 1.165) is 29.0 Å². The summed E-state index contributed by atoms with van der Waals surface area (Å²) >= 11 is 1.45. The molecule has 3 aromatic rings. The summed E-state index contributed by atoms with van der Waals surface area (Å²) in [5.74, 6) is 1.22. The first-order chi connectivity index (χ1) is 13.2. The highest BCUT2D eigenvalue weighted by Crippen LogP contribution is 2.44. The van der Waals surface area contributed by atoms with Gasteiger partial charge < -0.3 is 4.74 Å². The number of carbonyl (C=O) groups is 1. The van der Waals surface area contributed by atoms with Crippen molar-refractivity contribution in [2.24, 2.45) is 0 Å². The van der Waals surface area contributed by atoms with Crippen molar-refractivity contribution in [2.45, 2.75) is 38.5 Å². The molecule has 0 spiro atoms. The molecule has 0 radical (unpaired) electrons. The van der Waals surface area contributed by atoms with E-state index in [1.54, 1.807) is 0 Å². The van der Waals surface area contributed by atoms with Gasteiger partial charge in [-0.3, -0.25) is 10.1 Å². The summed E-state index contributed by atoms with van der Waals surface area (Å²) < 4.78 is 5.97. The number of nitrogens with one attached hydrogen (secondary N) is 1. The van der Waals surface area contributed by atoms with Gasteiger partial charge in [0.15, 0.2) is 0 Å². The minimum Gasteiger partial charge on any atom is -0.457 e. The summed E-state index contributed by atoms with van der Waals surface area (Å²) in [6.45, 7) is 4.29. The van der Waals surface area contributed by atoms with E-state index in [4.69, 9.17) is 4.74 Å². The van der Waals surface area contributed by atoms with Crippen LogP contribution in [0.5, 0.6) is 11.5 Å². The first kappa shape index (κ1) is 17.7. The number of hydrogen-bond donors (Lipinski definition) is 1. The maximum Gasteiger partial charge on any atom is 0.238 e. The number of aromatic nitrogens is 2. The van der Waals surface area contributed by atoms with Gasteiger partial charge in [0.05, 0.1) is 5.92 Å². The van der Waals surface area contributed by atoms with E-state index in [2.05, 4.69) is 29.4 Å². The van der Waals surface area contributed by atoms with Crippen LogP contribution >= 0.6 is 11.3 Å². The molecule has 5 nitrogen and oxygen atoms in total. The van der Waals surface area contributed by atoms with E-state index in [9.17, 15) is 4.79 Å². The Labute approximate surface area is 162 Å². The molecule has 0 saturated heterocycles. The monoisotopic (exact) mass is 379 g/mol. The molecule has 6 heteroatoms. The van der Waals surface area contributed by atoms with Crippen LogP contribution in [0.1, 0.15) is 54.7 Å². The highest BCUT2D eigenvalue weighted by Gasteiger charge is 2.32. The second kappa shape index (κ2) is 7.48. The van der Waals surface area contributed by atoms with Crippen molar-refractivity contribution in [1.29, 1.82) is 0 Å². The second-order valence-electron chi connectivity index (χ2n) is 6.74. The van der Waals surface area contributed by atoms with Crippen LogP contribution in [0.4, 0.5) is 5.13 Å². The van der Waals surface area contributed by atoms with Crippen LogP contribution in [0.25, 0.3) is 0 Å². The lowest BCUT2D eigenvalue weighted by molar-refractivity contribution is -0.116. The Hall–Kier alpha value is -2.73. The number of carbonyl (C=O) groups excluding carboxylic acids is 1. The van der Waals surface area contributed by atoms with Crippen LogP contribution in [-0.4, -0.2) is 16.1 Å². The van der Waals surface area contributed by atoms with Gasteiger partial charge in [-0.1, -0.05) is 68.0 Å². The predicted molar refractivity (Wildman–Crippen MR) is 107 cm³/mol. The zero-order valence-corrected chi connectivity index (χ0v) is 16.1. The normalized spacial score (nSPS) is 14.0. The predicted octanol–water partition coefficient (Wildman–Crippen LogP) is 5.32. The lowest BCUT2D eigenvalue weighted by Gasteiger charge is -2.27. The molecule has 1 amide bonds. The lowest BCUT2D eigenvalue weighted by atomic mass is 9.87. The van der Waals surface area contributed by atoms with Crippen LogP contribution in [0.2, 0.25) is 0 Å². The quantitative estimate of drug-likeness (QED) is 0.652. The van der Waals surface area contributed by atoms with Gasteiger partial charge in [0.25, 0.3) is 0 Å². The number of rotatable bonds is 5. The molecule has 0 bridgehead atoms. The molecule has 2 heterocycles. The number of anilines is 1. The van der Waals surface area contributed by atoms with E-state index in [0.29, 0.717) is 22.5 Å². The molecule has 0 fully saturated rings. The number of amides is 1. The summed E-state index contributed by atoms with van der Waals surface area (Å²) in [6, 6.07) is 15.3. The maximum atomic E-state index is 13.2. The Morgan fingerprint density at radius 1 is 1.11 bits per heavy atom. The van der Waals surface area contributed by atoms with Crippen molar-refractivity contribution in [3.05, 3.63) is 64.7 Å². The smallest absolute Gasteiger partial charge is 0.238 e. The highest BCUT2D eigenvalue weighted by atomic mass is 32.1. The Morgan fingerprint density at radius 3 is 2.37 bits per heavy atom. The van der Waals surface area contributed by atoms with Crippen LogP contribution in [0, 0.1) is 0 Å². The number of nitrogens with zero attached hydrogens (tertiary/aromatic N) is 2. The average Bonchev–Trinajstić information content (AvgIpc) is 3.14. The standard InChI is InChI=1S/C21H21N3O2S/c1-3-8-13(2)20-23-24-21(27-20)22-19(25)18-14-9-4-6-11-16(14)26-17-12-7-5-10-15(17)18/h4-7,9-13,18H,3,8H2,1-2H3,(H,22,24,25)/t13-/m1/s1. The van der Waals surface area contributed by atoms with Crippen LogP contribution in [0.15, 0.2) is 48.5 Å². The number of para-hydroxylation sites is 2. The van der Waals surface area contributed by atoms with E-state index in [1.165, 1.54) is 11.3 Å². The minimum atomic E-state index is -0.438. The lowest BCUT2D eigenvalue weighted by Crippen LogP contribution is -2.25. The van der Waals surface area contributed by atoms with Crippen LogP contribution in [-0.2, 0) is 4.79 Å². The van der Waals surface area contributed by atoms with E-state index in [-0.39, 0.29) is 5.91 Å². The molecule has 27 heavy (non-hydrogen) atoms. The van der Waals surface area contributed by atoms with Crippen LogP contribution < -0.4 is 10.1 Å². The summed E-state index contributed by atoms with van der Waals surface area (Å²) in [5, 5.41) is 12.9. The van der Waals surface area contributed by atoms with Crippen molar-refractivity contribution < 1.29 is 9.53 Å². The molecule has 138 valence electrons. The molecule has 0 saturated carbocycles. The highest BCUT2D eigenvalue weighted by molar-refractivity contribution is 7.15. The molecule has 2 aromatic carbocycles. The molecule has 1 N–H and O–H groups in total. The summed E-state index contributed by atoms with van der Waals surface area (Å²) in [5.41, 5.74) is 1.72. The third kappa shape index (κ3) is 3.45. The molecule has 0 unspecified atom stereocenters. The molecular weight excluding hydrogens is 358 g/mol. The zero-order valence-electron chi connectivity index (χ0n) is 15.3. The number of hydrogen-bond acceptors (Lipinski definition) is 5. The van der Waals surface area contributed by atoms with Crippen molar-refractivity contribution in [1.82, 2.24) is 10.2 Å². The fourth-order valence-corrected chi connectivity index (χ4v) is 4.24. The van der Waals surface area contributed by atoms with Crippen molar-refractivity contribution in [2.75, 3.05) is 5.32 Å². The summed E-state index contributed by atoms with van der Waals surface area (Å²) in [6.07, 6.45) is 2.15. The third-order valence-electron chi connectivity index (χ3n) is 4.76. The van der Waals surface area contributed by atoms with Gasteiger partial charge in [-0.2, -0.15) is 0 Å². The van der Waals surface area contributed by atoms with Crippen LogP contribution in [0.3, 0.4) is 0 Å². The SMILES string of the molecule is CCC[C@@H](C)c1nnc(NC(=O)C2c3ccccc3Oc3ccccc32)s1. The van der Waals surface area contributed by atoms with Gasteiger partial charge in [-0.25, -0.2) is 0 Å². The van der Waals surface area contributed by atoms with E-state index in [1.807, 2.05) is 48.5 Å². The molecule has 1 aromatic heterocycles. The fourth-order valence-electron chi connectivity index (χ4n) is 3.41. The van der Waals surface area contributed by atoms with Gasteiger partial charge in [0.2, 0.25) is 11.0 Å². The largest absolute Gasteiger partial charge is 0.457 e. The number of ether oxygens (including phenoxy) is 1. The summed E-state index contributed by atoms with van der Waals surface area (Å²) in [4.78, 5) is 13.2. The first-order valence-electron chi connectivity index (χ1n) is 9.17. The van der Waals surface area contributed by atoms with Crippen molar-refractivity contribution in [3.63, 3.8) is 0 Å². The third-order valence-corrected chi connectivity index (χ3v) is 5.83. The van der Waals surface area contributed by atoms with Gasteiger partial charge in [-0.05, 0) is 18.6 Å². The zero-order chi connectivity index (χ0) is 18.8. The van der Waals surface area contributed by atoms with E-state index >= 15 is 0 Å². The average molecular weight is 379 g/mol. The second-order valence-corrected chi connectivity index (χ2v) is 7.74. The minimum absolute atomic E-state index is 0.121. The Bertz CT molecular complexity index is 924. The molecule has 0 aliphatic carbocycles. The van der Waals surface area contributed by atoms with Gasteiger partial charge >= 0.3 is 0 Å². The van der Waals surface area contributed by atoms with Gasteiger partial charge in [0, 0.05) is 17.0 Å².